The standard InChI is InChI=1S/C81H158O17P2/c1-8-9-10-11-12-13-14-27-34-41-48-55-62-78(83)91-68-76(98-81(86)65-58-51-44-37-30-23-22-26-33-40-47-54-61-74(6)7)70-95-99(87,88)93-66-75(82)67-94-100(89,90)96-71-77(69-92-79(84)63-56-49-42-35-28-21-17-19-25-32-39-46-53-60-73(4)5)97-80(85)64-57-50-43-36-29-20-16-15-18-24-31-38-45-52-59-72(2)3/h72-77,82H,8-71H2,1-7H3,(H,87,88)(H,89,90)/t75-,76+,77+/m0/s1. The van der Waals surface area contributed by atoms with E-state index in [1.807, 2.05) is 0 Å². The average Bonchev–Trinajstić information content (AvgIpc) is 0.941. The minimum atomic E-state index is -4.96. The number of aliphatic hydroxyl groups is 1. The fourth-order valence-electron chi connectivity index (χ4n) is 12.5. The number of hydrogen-bond donors (Lipinski definition) is 3. The molecule has 0 radical (unpaired) electrons. The molecule has 0 aliphatic rings. The third-order valence-corrected chi connectivity index (χ3v) is 20.8. The van der Waals surface area contributed by atoms with Crippen LogP contribution in [-0.4, -0.2) is 96.7 Å². The third kappa shape index (κ3) is 74.3. The molecule has 100 heavy (non-hydrogen) atoms. The lowest BCUT2D eigenvalue weighted by Crippen LogP contribution is -2.30. The van der Waals surface area contributed by atoms with Crippen molar-refractivity contribution in [2.75, 3.05) is 39.6 Å². The molecule has 0 rings (SSSR count). The summed E-state index contributed by atoms with van der Waals surface area (Å²) in [6.45, 7) is 12.0. The Balaban J connectivity index is 5.27. The van der Waals surface area contributed by atoms with Crippen molar-refractivity contribution < 1.29 is 80.2 Å². The van der Waals surface area contributed by atoms with E-state index in [-0.39, 0.29) is 25.7 Å². The molecular weight excluding hydrogens is 1310 g/mol. The zero-order valence-electron chi connectivity index (χ0n) is 65.7. The summed E-state index contributed by atoms with van der Waals surface area (Å²) in [5.41, 5.74) is 0. The predicted octanol–water partition coefficient (Wildman–Crippen LogP) is 24.1. The SMILES string of the molecule is CCCCCCCCCCCCCCC(=O)OC[C@H](COP(=O)(O)OC[C@H](O)COP(=O)(O)OC[C@@H](COC(=O)CCCCCCCCCCCCCCCC(C)C)OC(=O)CCCCCCCCCCCCCCCCC(C)C)OC(=O)CCCCCCCCCCCCCCC(C)C. The first-order valence-electron chi connectivity index (χ1n) is 41.8. The van der Waals surface area contributed by atoms with Gasteiger partial charge in [-0.15, -0.1) is 0 Å². The molecule has 0 bridgehead atoms. The second-order valence-electron chi connectivity index (χ2n) is 30.6. The molecule has 3 N–H and O–H groups in total. The van der Waals surface area contributed by atoms with E-state index in [1.54, 1.807) is 0 Å². The van der Waals surface area contributed by atoms with Crippen LogP contribution in [0.5, 0.6) is 0 Å². The Bertz CT molecular complexity index is 1940. The van der Waals surface area contributed by atoms with Crippen LogP contribution in [0.1, 0.15) is 421 Å². The Hall–Kier alpha value is -1.94. The van der Waals surface area contributed by atoms with E-state index in [0.29, 0.717) is 25.7 Å². The maximum Gasteiger partial charge on any atom is 0.472 e. The minimum absolute atomic E-state index is 0.107. The van der Waals surface area contributed by atoms with Crippen molar-refractivity contribution in [2.45, 2.75) is 439 Å². The summed E-state index contributed by atoms with van der Waals surface area (Å²) in [7, 11) is -9.92. The Morgan fingerprint density at radius 3 is 0.680 bits per heavy atom. The molecule has 0 aromatic carbocycles. The van der Waals surface area contributed by atoms with Crippen LogP contribution >= 0.6 is 15.6 Å². The number of aliphatic hydroxyl groups excluding tert-OH is 1. The highest BCUT2D eigenvalue weighted by Gasteiger charge is 2.30. The van der Waals surface area contributed by atoms with Gasteiger partial charge in [0.2, 0.25) is 0 Å². The number of hydrogen-bond acceptors (Lipinski definition) is 15. The molecule has 0 saturated carbocycles. The zero-order chi connectivity index (χ0) is 73.7. The molecule has 0 aromatic rings. The Labute approximate surface area is 613 Å². The van der Waals surface area contributed by atoms with Crippen molar-refractivity contribution in [3.8, 4) is 0 Å². The van der Waals surface area contributed by atoms with Gasteiger partial charge in [-0.25, -0.2) is 9.13 Å². The van der Waals surface area contributed by atoms with E-state index in [1.165, 1.54) is 231 Å². The van der Waals surface area contributed by atoms with E-state index in [0.717, 1.165) is 108 Å². The molecule has 0 aliphatic carbocycles. The molecular formula is C81H158O17P2. The fourth-order valence-corrected chi connectivity index (χ4v) is 14.1. The smallest absolute Gasteiger partial charge is 0.462 e. The lowest BCUT2D eigenvalue weighted by molar-refractivity contribution is -0.161. The fraction of sp³-hybridized carbons (Fsp3) is 0.951. The van der Waals surface area contributed by atoms with Crippen molar-refractivity contribution in [3.05, 3.63) is 0 Å². The van der Waals surface area contributed by atoms with E-state index in [9.17, 15) is 43.2 Å². The number of carbonyl (C=O) groups is 4. The molecule has 0 aliphatic heterocycles. The zero-order valence-corrected chi connectivity index (χ0v) is 67.5. The number of carbonyl (C=O) groups excluding carboxylic acids is 4. The number of unbranched alkanes of at least 4 members (excludes halogenated alkanes) is 47. The molecule has 0 fully saturated rings. The summed E-state index contributed by atoms with van der Waals surface area (Å²) in [4.78, 5) is 73.1. The normalized spacial score (nSPS) is 14.0. The summed E-state index contributed by atoms with van der Waals surface area (Å²) in [6, 6.07) is 0. The van der Waals surface area contributed by atoms with Gasteiger partial charge in [0.05, 0.1) is 26.4 Å². The quantitative estimate of drug-likeness (QED) is 0.0222. The largest absolute Gasteiger partial charge is 0.472 e. The van der Waals surface area contributed by atoms with E-state index in [4.69, 9.17) is 37.0 Å². The second kappa shape index (κ2) is 71.3. The van der Waals surface area contributed by atoms with Gasteiger partial charge in [0.1, 0.15) is 19.3 Å². The van der Waals surface area contributed by atoms with Gasteiger partial charge >= 0.3 is 39.5 Å². The van der Waals surface area contributed by atoms with Crippen molar-refractivity contribution >= 4 is 39.5 Å². The van der Waals surface area contributed by atoms with Crippen molar-refractivity contribution in [1.29, 1.82) is 0 Å². The summed E-state index contributed by atoms with van der Waals surface area (Å²) in [5, 5.41) is 10.6. The van der Waals surface area contributed by atoms with E-state index < -0.39 is 97.5 Å². The summed E-state index contributed by atoms with van der Waals surface area (Å²) < 4.78 is 68.8. The van der Waals surface area contributed by atoms with Crippen LogP contribution in [0.4, 0.5) is 0 Å². The maximum absolute atomic E-state index is 13.1. The van der Waals surface area contributed by atoms with Gasteiger partial charge in [-0.05, 0) is 43.4 Å². The second-order valence-corrected chi connectivity index (χ2v) is 33.5. The van der Waals surface area contributed by atoms with Crippen molar-refractivity contribution in [1.82, 2.24) is 0 Å². The monoisotopic (exact) mass is 1470 g/mol. The Kier molecular flexibility index (Phi) is 69.9. The van der Waals surface area contributed by atoms with Gasteiger partial charge in [-0.2, -0.15) is 0 Å². The average molecular weight is 1470 g/mol. The van der Waals surface area contributed by atoms with Gasteiger partial charge in [0, 0.05) is 25.7 Å². The van der Waals surface area contributed by atoms with Crippen LogP contribution in [0.25, 0.3) is 0 Å². The van der Waals surface area contributed by atoms with Crippen LogP contribution in [0.3, 0.4) is 0 Å². The first-order valence-corrected chi connectivity index (χ1v) is 44.8. The highest BCUT2D eigenvalue weighted by molar-refractivity contribution is 7.47. The van der Waals surface area contributed by atoms with Gasteiger partial charge in [-0.1, -0.05) is 370 Å². The van der Waals surface area contributed by atoms with Gasteiger partial charge in [0.15, 0.2) is 12.2 Å². The molecule has 594 valence electrons. The van der Waals surface area contributed by atoms with Gasteiger partial charge in [0.25, 0.3) is 0 Å². The predicted molar refractivity (Wildman–Crippen MR) is 409 cm³/mol. The number of phosphoric acid groups is 2. The maximum atomic E-state index is 13.1. The highest BCUT2D eigenvalue weighted by Crippen LogP contribution is 2.45. The lowest BCUT2D eigenvalue weighted by Gasteiger charge is -2.21. The Morgan fingerprint density at radius 1 is 0.270 bits per heavy atom. The van der Waals surface area contributed by atoms with E-state index >= 15 is 0 Å². The molecule has 0 aromatic heterocycles. The number of phosphoric ester groups is 2. The minimum Gasteiger partial charge on any atom is -0.462 e. The van der Waals surface area contributed by atoms with Crippen LogP contribution < -0.4 is 0 Å². The molecule has 19 heteroatoms. The summed E-state index contributed by atoms with van der Waals surface area (Å²) in [6.07, 6.45) is 59.5. The third-order valence-electron chi connectivity index (χ3n) is 18.9. The van der Waals surface area contributed by atoms with Crippen LogP contribution in [0.2, 0.25) is 0 Å². The molecule has 0 saturated heterocycles. The van der Waals surface area contributed by atoms with E-state index in [2.05, 4.69) is 48.5 Å². The number of rotatable bonds is 79. The van der Waals surface area contributed by atoms with Crippen molar-refractivity contribution in [3.63, 3.8) is 0 Å². The number of ether oxygens (including phenoxy) is 4. The Morgan fingerprint density at radius 2 is 0.460 bits per heavy atom. The van der Waals surface area contributed by atoms with Crippen LogP contribution in [-0.2, 0) is 65.4 Å². The lowest BCUT2D eigenvalue weighted by atomic mass is 10.0. The molecule has 0 spiro atoms. The first kappa shape index (κ1) is 98.1. The van der Waals surface area contributed by atoms with Gasteiger partial charge in [-0.3, -0.25) is 37.3 Å². The molecule has 2 unspecified atom stereocenters. The molecule has 0 heterocycles. The highest BCUT2D eigenvalue weighted by atomic mass is 31.2. The summed E-state index contributed by atoms with van der Waals surface area (Å²) >= 11 is 0. The van der Waals surface area contributed by atoms with Gasteiger partial charge < -0.3 is 33.8 Å². The molecule has 5 atom stereocenters. The molecule has 17 nitrogen and oxygen atoms in total. The van der Waals surface area contributed by atoms with Crippen LogP contribution in [0, 0.1) is 17.8 Å². The van der Waals surface area contributed by atoms with Crippen LogP contribution in [0.15, 0.2) is 0 Å². The topological polar surface area (TPSA) is 237 Å². The van der Waals surface area contributed by atoms with Crippen molar-refractivity contribution in [2.24, 2.45) is 17.8 Å². The summed E-state index contributed by atoms with van der Waals surface area (Å²) in [5.74, 6) is 0.255. The number of esters is 4. The first-order chi connectivity index (χ1) is 48.2. The molecule has 0 amide bonds.